The zero-order valence-corrected chi connectivity index (χ0v) is 21.8. The summed E-state index contributed by atoms with van der Waals surface area (Å²) in [6.07, 6.45) is 1.18. The van der Waals surface area contributed by atoms with Gasteiger partial charge < -0.3 is 5.11 Å². The number of aliphatic carboxylic acids is 1. The number of fused-ring (bicyclic) bond motifs is 1. The summed E-state index contributed by atoms with van der Waals surface area (Å²) in [6.45, 7) is 6.16. The molecule has 1 aliphatic carbocycles. The summed E-state index contributed by atoms with van der Waals surface area (Å²) in [5, 5.41) is 10.7. The summed E-state index contributed by atoms with van der Waals surface area (Å²) in [7, 11) is -4.04. The maximum atomic E-state index is 13.2. The van der Waals surface area contributed by atoms with Crippen LogP contribution in [0.2, 0.25) is 5.02 Å². The van der Waals surface area contributed by atoms with Crippen LogP contribution in [-0.4, -0.2) is 42.5 Å². The van der Waals surface area contributed by atoms with E-state index in [4.69, 9.17) is 11.6 Å². The Kier molecular flexibility index (Phi) is 6.45. The van der Waals surface area contributed by atoms with E-state index in [2.05, 4.69) is 35.6 Å². The summed E-state index contributed by atoms with van der Waals surface area (Å²) in [5.41, 5.74) is 3.53. The maximum absolute atomic E-state index is 13.2. The number of carbonyl (C=O) groups is 1. The molecule has 8 heteroatoms. The highest BCUT2D eigenvalue weighted by molar-refractivity contribution is 7.89. The van der Waals surface area contributed by atoms with Crippen molar-refractivity contribution in [1.82, 2.24) is 9.62 Å². The number of hydrogen-bond acceptors (Lipinski definition) is 4. The summed E-state index contributed by atoms with van der Waals surface area (Å²) in [6, 6.07) is 20.2. The Labute approximate surface area is 217 Å². The largest absolute Gasteiger partial charge is 0.480 e. The van der Waals surface area contributed by atoms with E-state index < -0.39 is 27.4 Å². The molecule has 0 spiro atoms. The maximum Gasteiger partial charge on any atom is 0.325 e. The molecule has 0 amide bonds. The van der Waals surface area contributed by atoms with Gasteiger partial charge in [0.1, 0.15) is 5.54 Å². The van der Waals surface area contributed by atoms with Crippen LogP contribution in [0.5, 0.6) is 0 Å². The number of carboxylic acid groups (broad SMARTS) is 1. The summed E-state index contributed by atoms with van der Waals surface area (Å²) in [4.78, 5) is 14.7. The average molecular weight is 525 g/mol. The van der Waals surface area contributed by atoms with Crippen molar-refractivity contribution < 1.29 is 18.3 Å². The molecule has 0 aromatic heterocycles. The second-order valence-corrected chi connectivity index (χ2v) is 12.1. The van der Waals surface area contributed by atoms with Gasteiger partial charge in [0, 0.05) is 30.1 Å². The van der Waals surface area contributed by atoms with Gasteiger partial charge >= 0.3 is 5.97 Å². The van der Waals surface area contributed by atoms with E-state index in [1.807, 2.05) is 18.2 Å². The van der Waals surface area contributed by atoms with E-state index in [1.54, 1.807) is 24.3 Å². The number of halogens is 1. The van der Waals surface area contributed by atoms with Crippen LogP contribution in [-0.2, 0) is 27.8 Å². The van der Waals surface area contributed by atoms with Crippen LogP contribution in [0.1, 0.15) is 42.9 Å². The molecule has 2 atom stereocenters. The van der Waals surface area contributed by atoms with E-state index in [0.29, 0.717) is 11.1 Å². The molecule has 3 aromatic rings. The number of rotatable bonds is 7. The van der Waals surface area contributed by atoms with Gasteiger partial charge in [-0.3, -0.25) is 9.69 Å². The summed E-state index contributed by atoms with van der Waals surface area (Å²) < 4.78 is 29.0. The van der Waals surface area contributed by atoms with Crippen molar-refractivity contribution in [2.24, 2.45) is 0 Å². The highest BCUT2D eigenvalue weighted by Crippen LogP contribution is 2.53. The molecule has 6 nitrogen and oxygen atoms in total. The first kappa shape index (κ1) is 25.0. The highest BCUT2D eigenvalue weighted by atomic mass is 35.5. The average Bonchev–Trinajstić information content (AvgIpc) is 3.58. The fraction of sp³-hybridized carbons (Fsp3) is 0.321. The molecule has 36 heavy (non-hydrogen) atoms. The van der Waals surface area contributed by atoms with E-state index in [0.717, 1.165) is 36.2 Å². The smallest absolute Gasteiger partial charge is 0.325 e. The lowest BCUT2D eigenvalue weighted by molar-refractivity contribution is -0.140. The van der Waals surface area contributed by atoms with Crippen molar-refractivity contribution in [3.8, 4) is 11.1 Å². The van der Waals surface area contributed by atoms with Crippen LogP contribution in [0.25, 0.3) is 11.1 Å². The fourth-order valence-electron chi connectivity index (χ4n) is 5.08. The third-order valence-corrected chi connectivity index (χ3v) is 9.18. The van der Waals surface area contributed by atoms with Gasteiger partial charge in [-0.15, -0.1) is 0 Å². The van der Waals surface area contributed by atoms with Gasteiger partial charge in [-0.2, -0.15) is 4.72 Å². The van der Waals surface area contributed by atoms with Crippen molar-refractivity contribution in [3.63, 3.8) is 0 Å². The molecule has 2 aliphatic rings. The minimum Gasteiger partial charge on any atom is -0.480 e. The molecule has 1 saturated carbocycles. The second-order valence-electron chi connectivity index (χ2n) is 10.0. The molecule has 1 unspecified atom stereocenters. The van der Waals surface area contributed by atoms with Crippen LogP contribution in [0.4, 0.5) is 0 Å². The molecule has 0 bridgehead atoms. The minimum absolute atomic E-state index is 0.0319. The molecule has 0 radical (unpaired) electrons. The molecule has 3 aromatic carbocycles. The lowest BCUT2D eigenvalue weighted by Gasteiger charge is -2.32. The quantitative estimate of drug-likeness (QED) is 0.451. The van der Waals surface area contributed by atoms with Crippen LogP contribution < -0.4 is 4.72 Å². The van der Waals surface area contributed by atoms with Gasteiger partial charge in [0.15, 0.2) is 0 Å². The van der Waals surface area contributed by atoms with E-state index >= 15 is 0 Å². The summed E-state index contributed by atoms with van der Waals surface area (Å²) >= 11 is 5.95. The molecule has 1 heterocycles. The van der Waals surface area contributed by atoms with Gasteiger partial charge in [-0.1, -0.05) is 54.1 Å². The van der Waals surface area contributed by atoms with E-state index in [9.17, 15) is 18.3 Å². The first-order valence-corrected chi connectivity index (χ1v) is 13.9. The predicted molar refractivity (Wildman–Crippen MR) is 141 cm³/mol. The Morgan fingerprint density at radius 1 is 1.03 bits per heavy atom. The predicted octanol–water partition coefficient (Wildman–Crippen LogP) is 5.06. The Morgan fingerprint density at radius 3 is 2.28 bits per heavy atom. The molecular weight excluding hydrogens is 496 g/mol. The van der Waals surface area contributed by atoms with Crippen LogP contribution >= 0.6 is 11.6 Å². The fourth-order valence-corrected chi connectivity index (χ4v) is 6.61. The molecular formula is C28H29ClN2O4S. The standard InChI is InChI=1S/C28H29ClN2O4S/c1-18(2)31-14-13-21-3-4-22(15-23(21)17-31)26-16-28(26,27(32)33)30-36(34,35)25-11-7-20(8-12-25)19-5-9-24(29)10-6-19/h3-12,15,18,26,30H,13-14,16-17H2,1-2H3,(H,32,33)/t26-,28?/m0/s1. The Bertz CT molecular complexity index is 1400. The van der Waals surface area contributed by atoms with Gasteiger partial charge in [0.05, 0.1) is 4.90 Å². The van der Waals surface area contributed by atoms with Gasteiger partial charge in [0.25, 0.3) is 0 Å². The zero-order chi connectivity index (χ0) is 25.7. The first-order chi connectivity index (χ1) is 17.1. The molecule has 2 N–H and O–H groups in total. The number of hydrogen-bond donors (Lipinski definition) is 2. The van der Waals surface area contributed by atoms with Crippen LogP contribution in [0.15, 0.2) is 71.6 Å². The third-order valence-electron chi connectivity index (χ3n) is 7.41. The molecule has 5 rings (SSSR count). The Morgan fingerprint density at radius 2 is 1.67 bits per heavy atom. The summed E-state index contributed by atoms with van der Waals surface area (Å²) in [5.74, 6) is -1.58. The highest BCUT2D eigenvalue weighted by Gasteiger charge is 2.63. The lowest BCUT2D eigenvalue weighted by Crippen LogP contribution is -2.44. The number of sulfonamides is 1. The Hall–Kier alpha value is -2.71. The van der Waals surface area contributed by atoms with Crippen molar-refractivity contribution in [2.75, 3.05) is 6.54 Å². The van der Waals surface area contributed by atoms with Gasteiger partial charge in [-0.25, -0.2) is 8.42 Å². The van der Waals surface area contributed by atoms with Crippen molar-refractivity contribution in [2.45, 2.75) is 55.6 Å². The van der Waals surface area contributed by atoms with Gasteiger partial charge in [0.2, 0.25) is 10.0 Å². The van der Waals surface area contributed by atoms with Gasteiger partial charge in [-0.05, 0) is 78.8 Å². The third kappa shape index (κ3) is 4.68. The molecule has 0 saturated heterocycles. The van der Waals surface area contributed by atoms with Crippen molar-refractivity contribution in [1.29, 1.82) is 0 Å². The molecule has 1 fully saturated rings. The number of nitrogens with one attached hydrogen (secondary N) is 1. The first-order valence-electron chi connectivity index (χ1n) is 12.1. The van der Waals surface area contributed by atoms with Crippen LogP contribution in [0, 0.1) is 0 Å². The van der Waals surface area contributed by atoms with Crippen molar-refractivity contribution in [3.05, 3.63) is 88.4 Å². The second kappa shape index (κ2) is 9.30. The monoisotopic (exact) mass is 524 g/mol. The molecule has 1 aliphatic heterocycles. The number of benzene rings is 3. The number of nitrogens with zero attached hydrogens (tertiary/aromatic N) is 1. The van der Waals surface area contributed by atoms with E-state index in [1.165, 1.54) is 23.3 Å². The van der Waals surface area contributed by atoms with E-state index in [-0.39, 0.29) is 11.3 Å². The zero-order valence-electron chi connectivity index (χ0n) is 20.2. The molecule has 188 valence electrons. The van der Waals surface area contributed by atoms with Crippen molar-refractivity contribution >= 4 is 27.6 Å². The lowest BCUT2D eigenvalue weighted by atomic mass is 9.94. The number of carboxylic acids is 1. The minimum atomic E-state index is -4.04. The van der Waals surface area contributed by atoms with Crippen LogP contribution in [0.3, 0.4) is 0 Å². The SMILES string of the molecule is CC(C)N1CCc2ccc([C@@H]3CC3(NS(=O)(=O)c3ccc(-c4ccc(Cl)cc4)cc3)C(=O)O)cc2C1. The Balaban J connectivity index is 1.37. The normalized spacial score (nSPS) is 21.8. The topological polar surface area (TPSA) is 86.7 Å².